The first-order valence-corrected chi connectivity index (χ1v) is 11.8. The van der Waals surface area contributed by atoms with E-state index in [1.807, 2.05) is 36.4 Å². The number of H-pyrrole nitrogens is 1. The molecular formula is C26H24FN9O2. The SMILES string of the molecule is C=N/C=C\N(N)c1ncc(F)c2c(C(=O)C(=O)N3CCN(c4ccnnc4-c4ccccc4)CC3)c[nH]c12. The number of aliphatic imine (C=N–C) groups is 1. The summed E-state index contributed by atoms with van der Waals surface area (Å²) in [4.78, 5) is 40.3. The second kappa shape index (κ2) is 10.6. The number of amides is 1. The van der Waals surface area contributed by atoms with Gasteiger partial charge < -0.3 is 14.8 Å². The van der Waals surface area contributed by atoms with Gasteiger partial charge in [-0.3, -0.25) is 19.6 Å². The number of hydrazine groups is 1. The van der Waals surface area contributed by atoms with Crippen LogP contribution in [0.1, 0.15) is 10.4 Å². The largest absolute Gasteiger partial charge is 0.366 e. The zero-order chi connectivity index (χ0) is 26.6. The lowest BCUT2D eigenvalue weighted by molar-refractivity contribution is -0.126. The molecule has 0 unspecified atom stereocenters. The van der Waals surface area contributed by atoms with E-state index in [0.717, 1.165) is 28.2 Å². The Morgan fingerprint density at radius 1 is 1.16 bits per heavy atom. The van der Waals surface area contributed by atoms with E-state index in [1.54, 1.807) is 6.20 Å². The highest BCUT2D eigenvalue weighted by Crippen LogP contribution is 2.30. The third-order valence-corrected chi connectivity index (χ3v) is 6.31. The van der Waals surface area contributed by atoms with Gasteiger partial charge in [0.15, 0.2) is 11.6 Å². The lowest BCUT2D eigenvalue weighted by Gasteiger charge is -2.36. The Bertz CT molecular complexity index is 1530. The quantitative estimate of drug-likeness (QED) is 0.126. The number of benzene rings is 1. The molecule has 1 aromatic carbocycles. The normalized spacial score (nSPS) is 13.7. The van der Waals surface area contributed by atoms with Crippen molar-refractivity contribution in [3.63, 3.8) is 0 Å². The number of anilines is 2. The molecule has 5 rings (SSSR count). The minimum Gasteiger partial charge on any atom is -0.366 e. The molecule has 38 heavy (non-hydrogen) atoms. The number of nitrogens with zero attached hydrogens (tertiary/aromatic N) is 7. The number of piperazine rings is 1. The van der Waals surface area contributed by atoms with Crippen LogP contribution in [0.5, 0.6) is 0 Å². The van der Waals surface area contributed by atoms with Crippen LogP contribution in [0.4, 0.5) is 15.9 Å². The fourth-order valence-corrected chi connectivity index (χ4v) is 4.45. The molecule has 0 bridgehead atoms. The first-order valence-electron chi connectivity index (χ1n) is 11.8. The molecule has 1 aliphatic heterocycles. The van der Waals surface area contributed by atoms with E-state index in [-0.39, 0.29) is 22.3 Å². The number of carbonyl (C=O) groups excluding carboxylic acids is 2. The fourth-order valence-electron chi connectivity index (χ4n) is 4.45. The van der Waals surface area contributed by atoms with Crippen molar-refractivity contribution < 1.29 is 14.0 Å². The van der Waals surface area contributed by atoms with E-state index in [0.29, 0.717) is 26.2 Å². The molecule has 1 fully saturated rings. The fraction of sp³-hybridized carbons (Fsp3) is 0.154. The number of fused-ring (bicyclic) bond motifs is 1. The maximum absolute atomic E-state index is 14.8. The molecule has 3 aromatic heterocycles. The lowest BCUT2D eigenvalue weighted by Crippen LogP contribution is -2.50. The molecule has 11 nitrogen and oxygen atoms in total. The summed E-state index contributed by atoms with van der Waals surface area (Å²) in [6.07, 6.45) is 6.59. The van der Waals surface area contributed by atoms with Gasteiger partial charge in [-0.25, -0.2) is 15.2 Å². The Balaban J connectivity index is 1.34. The first-order chi connectivity index (χ1) is 18.5. The minimum atomic E-state index is -0.817. The Morgan fingerprint density at radius 3 is 2.66 bits per heavy atom. The molecule has 192 valence electrons. The molecule has 12 heteroatoms. The molecule has 1 aliphatic rings. The number of ketones is 1. The number of rotatable bonds is 7. The number of nitrogens with two attached hydrogens (primary N) is 1. The summed E-state index contributed by atoms with van der Waals surface area (Å²) in [5.41, 5.74) is 2.68. The smallest absolute Gasteiger partial charge is 0.295 e. The van der Waals surface area contributed by atoms with Gasteiger partial charge in [-0.2, -0.15) is 5.10 Å². The highest BCUT2D eigenvalue weighted by atomic mass is 19.1. The van der Waals surface area contributed by atoms with E-state index >= 15 is 0 Å². The Hall–Kier alpha value is -4.97. The zero-order valence-corrected chi connectivity index (χ0v) is 20.3. The van der Waals surface area contributed by atoms with Crippen LogP contribution in [-0.4, -0.2) is 69.7 Å². The van der Waals surface area contributed by atoms with Crippen molar-refractivity contribution in [3.05, 3.63) is 78.8 Å². The highest BCUT2D eigenvalue weighted by Gasteiger charge is 2.31. The van der Waals surface area contributed by atoms with Gasteiger partial charge in [0, 0.05) is 50.3 Å². The van der Waals surface area contributed by atoms with Crippen molar-refractivity contribution in [1.82, 2.24) is 25.1 Å². The predicted molar refractivity (Wildman–Crippen MR) is 142 cm³/mol. The maximum Gasteiger partial charge on any atom is 0.295 e. The number of aromatic nitrogens is 4. The minimum absolute atomic E-state index is 0.0576. The van der Waals surface area contributed by atoms with E-state index < -0.39 is 17.5 Å². The summed E-state index contributed by atoms with van der Waals surface area (Å²) in [5, 5.41) is 9.40. The van der Waals surface area contributed by atoms with E-state index in [2.05, 4.69) is 36.8 Å². The molecule has 3 N–H and O–H groups in total. The first kappa shape index (κ1) is 24.7. The molecule has 1 amide bonds. The number of nitrogens with one attached hydrogen (secondary N) is 1. The van der Waals surface area contributed by atoms with Gasteiger partial charge in [-0.1, -0.05) is 30.3 Å². The van der Waals surface area contributed by atoms with Crippen LogP contribution in [0, 0.1) is 5.82 Å². The highest BCUT2D eigenvalue weighted by molar-refractivity contribution is 6.45. The van der Waals surface area contributed by atoms with Crippen LogP contribution >= 0.6 is 0 Å². The Kier molecular flexibility index (Phi) is 6.87. The van der Waals surface area contributed by atoms with Crippen molar-refractivity contribution in [2.24, 2.45) is 10.8 Å². The van der Waals surface area contributed by atoms with Crippen LogP contribution < -0.4 is 15.8 Å². The molecule has 4 heterocycles. The van der Waals surface area contributed by atoms with Gasteiger partial charge in [0.05, 0.1) is 34.5 Å². The number of halogens is 1. The number of carbonyl (C=O) groups is 2. The lowest BCUT2D eigenvalue weighted by atomic mass is 10.1. The van der Waals surface area contributed by atoms with Crippen molar-refractivity contribution in [2.45, 2.75) is 0 Å². The molecule has 0 radical (unpaired) electrons. The Labute approximate surface area is 217 Å². The van der Waals surface area contributed by atoms with Crippen molar-refractivity contribution >= 4 is 40.8 Å². The van der Waals surface area contributed by atoms with Crippen molar-refractivity contribution in [3.8, 4) is 11.3 Å². The van der Waals surface area contributed by atoms with Crippen LogP contribution in [-0.2, 0) is 4.79 Å². The Morgan fingerprint density at radius 2 is 1.92 bits per heavy atom. The van der Waals surface area contributed by atoms with Crippen LogP contribution in [0.2, 0.25) is 0 Å². The molecule has 0 spiro atoms. The number of aromatic amines is 1. The summed E-state index contributed by atoms with van der Waals surface area (Å²) in [7, 11) is 0. The molecule has 0 atom stereocenters. The molecule has 4 aromatic rings. The molecule has 0 saturated carbocycles. The topological polar surface area (TPSA) is 137 Å². The van der Waals surface area contributed by atoms with Gasteiger partial charge in [0.2, 0.25) is 0 Å². The van der Waals surface area contributed by atoms with Crippen LogP contribution in [0.3, 0.4) is 0 Å². The average molecular weight is 514 g/mol. The predicted octanol–water partition coefficient (Wildman–Crippen LogP) is 2.54. The summed E-state index contributed by atoms with van der Waals surface area (Å²) in [6.45, 7) is 4.94. The molecular weight excluding hydrogens is 489 g/mol. The van der Waals surface area contributed by atoms with Crippen LogP contribution in [0.25, 0.3) is 22.2 Å². The van der Waals surface area contributed by atoms with Gasteiger partial charge in [0.25, 0.3) is 11.7 Å². The van der Waals surface area contributed by atoms with E-state index in [9.17, 15) is 14.0 Å². The number of Topliss-reactive ketones (excluding diaryl/α,β-unsaturated/α-hetero) is 1. The van der Waals surface area contributed by atoms with Gasteiger partial charge in [-0.05, 0) is 12.8 Å². The number of hydrogen-bond acceptors (Lipinski definition) is 9. The standard InChI is InChI=1S/C26H24FN9O2/c1-29-9-10-36(28)25-23-21(19(27)16-31-25)18(15-30-23)24(37)26(38)35-13-11-34(12-14-35)20-7-8-32-33-22(20)17-5-3-2-4-6-17/h2-10,15-16,30H,1,11-14,28H2/b10-9-. The summed E-state index contributed by atoms with van der Waals surface area (Å²) >= 11 is 0. The average Bonchev–Trinajstić information content (AvgIpc) is 3.42. The second-order valence-electron chi connectivity index (χ2n) is 8.51. The van der Waals surface area contributed by atoms with Gasteiger partial charge in [-0.15, -0.1) is 5.10 Å². The third-order valence-electron chi connectivity index (χ3n) is 6.31. The van der Waals surface area contributed by atoms with Crippen LogP contribution in [0.15, 0.2) is 72.4 Å². The second-order valence-corrected chi connectivity index (χ2v) is 8.51. The maximum atomic E-state index is 14.8. The monoisotopic (exact) mass is 513 g/mol. The summed E-state index contributed by atoms with van der Waals surface area (Å²) in [6, 6.07) is 11.6. The third kappa shape index (κ3) is 4.60. The summed E-state index contributed by atoms with van der Waals surface area (Å²) in [5.74, 6) is 3.83. The van der Waals surface area contributed by atoms with E-state index in [4.69, 9.17) is 5.84 Å². The zero-order valence-electron chi connectivity index (χ0n) is 20.3. The molecule has 0 aliphatic carbocycles. The van der Waals surface area contributed by atoms with Crippen molar-refractivity contribution in [1.29, 1.82) is 0 Å². The van der Waals surface area contributed by atoms with E-state index in [1.165, 1.54) is 23.5 Å². The summed E-state index contributed by atoms with van der Waals surface area (Å²) < 4.78 is 14.8. The molecule has 1 saturated heterocycles. The van der Waals surface area contributed by atoms with Gasteiger partial charge in [0.1, 0.15) is 5.69 Å². The number of hydrogen-bond donors (Lipinski definition) is 2. The number of pyridine rings is 1. The van der Waals surface area contributed by atoms with Gasteiger partial charge >= 0.3 is 0 Å². The van der Waals surface area contributed by atoms with Crippen molar-refractivity contribution in [2.75, 3.05) is 36.1 Å².